The van der Waals surface area contributed by atoms with Crippen molar-refractivity contribution in [2.24, 2.45) is 0 Å². The molecule has 0 aromatic heterocycles. The van der Waals surface area contributed by atoms with Crippen molar-refractivity contribution in [1.29, 1.82) is 5.26 Å². The molecule has 0 saturated heterocycles. The lowest BCUT2D eigenvalue weighted by Gasteiger charge is -2.22. The number of carbonyl (C=O) groups excluding carboxylic acids is 1. The number of methoxy groups -OCH3 is 1. The first kappa shape index (κ1) is 21.4. The number of aryl methyl sites for hydroxylation is 1. The predicted octanol–water partition coefficient (Wildman–Crippen LogP) is 4.94. The summed E-state index contributed by atoms with van der Waals surface area (Å²) in [5.74, 6) is 0.851. The van der Waals surface area contributed by atoms with E-state index in [9.17, 15) is 10.1 Å². The van der Waals surface area contributed by atoms with E-state index in [1.54, 1.807) is 25.3 Å². The maximum Gasteiger partial charge on any atom is 0.262 e. The Bertz CT molecular complexity index is 936. The first-order valence-electron chi connectivity index (χ1n) is 10.4. The summed E-state index contributed by atoms with van der Waals surface area (Å²) in [6, 6.07) is 15.7. The summed E-state index contributed by atoms with van der Waals surface area (Å²) in [4.78, 5) is 12.5. The number of rotatable bonds is 7. The lowest BCUT2D eigenvalue weighted by molar-refractivity contribution is -0.117. The second kappa shape index (κ2) is 10.5. The minimum Gasteiger partial charge on any atom is -0.493 e. The highest BCUT2D eigenvalue weighted by Gasteiger charge is 2.18. The Labute approximate surface area is 178 Å². The van der Waals surface area contributed by atoms with Crippen LogP contribution in [0.3, 0.4) is 0 Å². The van der Waals surface area contributed by atoms with Gasteiger partial charge < -0.3 is 14.8 Å². The number of hydrogen-bond donors (Lipinski definition) is 1. The maximum absolute atomic E-state index is 12.5. The molecule has 0 atom stereocenters. The topological polar surface area (TPSA) is 71.3 Å². The molecule has 1 fully saturated rings. The highest BCUT2D eigenvalue weighted by Crippen LogP contribution is 2.30. The summed E-state index contributed by atoms with van der Waals surface area (Å²) in [6.45, 7) is 2.48. The van der Waals surface area contributed by atoms with Crippen LogP contribution in [0, 0.1) is 18.3 Å². The van der Waals surface area contributed by atoms with Crippen LogP contribution >= 0.6 is 0 Å². The molecule has 1 N–H and O–H groups in total. The van der Waals surface area contributed by atoms with E-state index in [0.717, 1.165) is 31.2 Å². The van der Waals surface area contributed by atoms with E-state index in [4.69, 9.17) is 9.47 Å². The summed E-state index contributed by atoms with van der Waals surface area (Å²) in [7, 11) is 1.57. The zero-order valence-corrected chi connectivity index (χ0v) is 17.6. The van der Waals surface area contributed by atoms with Crippen molar-refractivity contribution in [3.63, 3.8) is 0 Å². The van der Waals surface area contributed by atoms with Gasteiger partial charge in [-0.25, -0.2) is 0 Å². The Hall–Kier alpha value is -3.26. The van der Waals surface area contributed by atoms with Crippen LogP contribution in [0.4, 0.5) is 0 Å². The van der Waals surface area contributed by atoms with Gasteiger partial charge >= 0.3 is 0 Å². The molecule has 5 nitrogen and oxygen atoms in total. The summed E-state index contributed by atoms with van der Waals surface area (Å²) in [5, 5.41) is 12.4. The lowest BCUT2D eigenvalue weighted by Crippen LogP contribution is -2.36. The van der Waals surface area contributed by atoms with E-state index in [2.05, 4.69) is 5.32 Å². The van der Waals surface area contributed by atoms with Crippen LogP contribution in [0.25, 0.3) is 6.08 Å². The second-order valence-electron chi connectivity index (χ2n) is 7.66. The van der Waals surface area contributed by atoms with Gasteiger partial charge in [0.1, 0.15) is 18.2 Å². The quantitative estimate of drug-likeness (QED) is 0.524. The highest BCUT2D eigenvalue weighted by atomic mass is 16.5. The van der Waals surface area contributed by atoms with Crippen LogP contribution in [0.15, 0.2) is 48.0 Å². The normalized spacial score (nSPS) is 14.6. The molecule has 0 radical (unpaired) electrons. The van der Waals surface area contributed by atoms with Crippen LogP contribution in [-0.4, -0.2) is 19.1 Å². The average Bonchev–Trinajstić information content (AvgIpc) is 2.78. The molecule has 3 rings (SSSR count). The zero-order valence-electron chi connectivity index (χ0n) is 17.6. The largest absolute Gasteiger partial charge is 0.493 e. The van der Waals surface area contributed by atoms with Crippen molar-refractivity contribution in [3.8, 4) is 17.6 Å². The van der Waals surface area contributed by atoms with Gasteiger partial charge in [-0.05, 0) is 49.1 Å². The Morgan fingerprint density at radius 2 is 1.87 bits per heavy atom. The SMILES string of the molecule is COc1cc(/C=C(/C#N)C(=O)NC2CCCCC2)ccc1OCc1ccc(C)cc1. The highest BCUT2D eigenvalue weighted by molar-refractivity contribution is 6.01. The molecule has 2 aromatic rings. The van der Waals surface area contributed by atoms with Crippen LogP contribution in [-0.2, 0) is 11.4 Å². The number of nitrogens with one attached hydrogen (secondary N) is 1. The fraction of sp³-hybridized carbons (Fsp3) is 0.360. The van der Waals surface area contributed by atoms with Gasteiger partial charge in [-0.15, -0.1) is 0 Å². The first-order chi connectivity index (χ1) is 14.6. The van der Waals surface area contributed by atoms with Crippen molar-refractivity contribution in [3.05, 3.63) is 64.7 Å². The molecule has 2 aromatic carbocycles. The molecule has 1 aliphatic carbocycles. The minimum atomic E-state index is -0.317. The molecule has 1 saturated carbocycles. The molecular formula is C25H28N2O3. The van der Waals surface area contributed by atoms with E-state index in [-0.39, 0.29) is 17.5 Å². The summed E-state index contributed by atoms with van der Waals surface area (Å²) < 4.78 is 11.4. The monoisotopic (exact) mass is 404 g/mol. The van der Waals surface area contributed by atoms with Crippen molar-refractivity contribution in [1.82, 2.24) is 5.32 Å². The van der Waals surface area contributed by atoms with Gasteiger partial charge in [0, 0.05) is 6.04 Å². The van der Waals surface area contributed by atoms with Crippen molar-refractivity contribution in [2.45, 2.75) is 51.7 Å². The van der Waals surface area contributed by atoms with E-state index >= 15 is 0 Å². The number of hydrogen-bond acceptors (Lipinski definition) is 4. The molecule has 156 valence electrons. The summed E-state index contributed by atoms with van der Waals surface area (Å²) in [6.07, 6.45) is 7.00. The van der Waals surface area contributed by atoms with Crippen molar-refractivity contribution < 1.29 is 14.3 Å². The third-order valence-corrected chi connectivity index (χ3v) is 5.32. The number of nitriles is 1. The van der Waals surface area contributed by atoms with Crippen LogP contribution in [0.2, 0.25) is 0 Å². The Kier molecular flexibility index (Phi) is 7.51. The van der Waals surface area contributed by atoms with Gasteiger partial charge in [0.15, 0.2) is 11.5 Å². The molecule has 0 spiro atoms. The number of benzene rings is 2. The van der Waals surface area contributed by atoms with Crippen molar-refractivity contribution in [2.75, 3.05) is 7.11 Å². The van der Waals surface area contributed by atoms with Gasteiger partial charge in [0.25, 0.3) is 5.91 Å². The molecular weight excluding hydrogens is 376 g/mol. The van der Waals surface area contributed by atoms with E-state index in [0.29, 0.717) is 23.7 Å². The van der Waals surface area contributed by atoms with Gasteiger partial charge in [-0.2, -0.15) is 5.26 Å². The van der Waals surface area contributed by atoms with Crippen molar-refractivity contribution >= 4 is 12.0 Å². The second-order valence-corrected chi connectivity index (χ2v) is 7.66. The number of nitrogens with zero attached hydrogens (tertiary/aromatic N) is 1. The van der Waals surface area contributed by atoms with E-state index < -0.39 is 0 Å². The standard InChI is InChI=1S/C25H28N2O3/c1-18-8-10-19(11-9-18)17-30-23-13-12-20(15-24(23)29-2)14-21(16-26)25(28)27-22-6-4-3-5-7-22/h8-15,22H,3-7,17H2,1-2H3,(H,27,28)/b21-14-. The van der Waals surface area contributed by atoms with Gasteiger partial charge in [0.05, 0.1) is 7.11 Å². The third kappa shape index (κ3) is 5.87. The lowest BCUT2D eigenvalue weighted by atomic mass is 9.95. The average molecular weight is 405 g/mol. The molecule has 0 aliphatic heterocycles. The number of amides is 1. The molecule has 0 unspecified atom stereocenters. The summed E-state index contributed by atoms with van der Waals surface area (Å²) in [5.41, 5.74) is 3.08. The van der Waals surface area contributed by atoms with Crippen LogP contribution in [0.5, 0.6) is 11.5 Å². The molecule has 1 amide bonds. The molecule has 1 aliphatic rings. The van der Waals surface area contributed by atoms with Gasteiger partial charge in [-0.3, -0.25) is 4.79 Å². The van der Waals surface area contributed by atoms with Crippen LogP contribution < -0.4 is 14.8 Å². The minimum absolute atomic E-state index is 0.0935. The molecule has 5 heteroatoms. The van der Waals surface area contributed by atoms with Gasteiger partial charge in [-0.1, -0.05) is 55.2 Å². The smallest absolute Gasteiger partial charge is 0.262 e. The molecule has 0 bridgehead atoms. The van der Waals surface area contributed by atoms with E-state index in [1.807, 2.05) is 43.3 Å². The predicted molar refractivity (Wildman–Crippen MR) is 117 cm³/mol. The fourth-order valence-corrected chi connectivity index (χ4v) is 3.56. The Morgan fingerprint density at radius 1 is 1.13 bits per heavy atom. The first-order valence-corrected chi connectivity index (χ1v) is 10.4. The number of carbonyl (C=O) groups is 1. The zero-order chi connectivity index (χ0) is 21.3. The molecule has 0 heterocycles. The number of ether oxygens (including phenoxy) is 2. The van der Waals surface area contributed by atoms with E-state index in [1.165, 1.54) is 12.0 Å². The fourth-order valence-electron chi connectivity index (χ4n) is 3.56. The van der Waals surface area contributed by atoms with Crippen LogP contribution in [0.1, 0.15) is 48.8 Å². The maximum atomic E-state index is 12.5. The summed E-state index contributed by atoms with van der Waals surface area (Å²) >= 11 is 0. The van der Waals surface area contributed by atoms with Gasteiger partial charge in [0.2, 0.25) is 0 Å². The third-order valence-electron chi connectivity index (χ3n) is 5.32. The Morgan fingerprint density at radius 3 is 2.53 bits per heavy atom. The molecule has 30 heavy (non-hydrogen) atoms. The Balaban J connectivity index is 1.69.